The summed E-state index contributed by atoms with van der Waals surface area (Å²) in [6, 6.07) is 0. The molecule has 4 nitrogen and oxygen atoms in total. The molecular weight excluding hydrogens is 284 g/mol. The zero-order chi connectivity index (χ0) is 8.69. The highest BCUT2D eigenvalue weighted by Gasteiger charge is 2.01. The molecule has 0 aromatic carbocycles. The molecule has 0 unspecified atom stereocenters. The van der Waals surface area contributed by atoms with Crippen molar-refractivity contribution < 1.29 is 19.1 Å². The van der Waals surface area contributed by atoms with Gasteiger partial charge in [0.05, 0.1) is 0 Å². The first-order valence-corrected chi connectivity index (χ1v) is 4.88. The van der Waals surface area contributed by atoms with Crippen LogP contribution < -0.4 is 0 Å². The van der Waals surface area contributed by atoms with Crippen LogP contribution in [0.3, 0.4) is 0 Å². The van der Waals surface area contributed by atoms with E-state index in [1.54, 1.807) is 0 Å². The van der Waals surface area contributed by atoms with Gasteiger partial charge in [0.15, 0.2) is 0 Å². The normalized spacial score (nSPS) is 8.91. The first-order chi connectivity index (χ1) is 5.20. The summed E-state index contributed by atoms with van der Waals surface area (Å²) in [6.45, 7) is -0.325. The van der Waals surface area contributed by atoms with Gasteiger partial charge in [-0.15, -0.1) is 0 Å². The molecule has 0 rings (SSSR count). The molecule has 11 heavy (non-hydrogen) atoms. The number of carbonyl (C=O) groups is 2. The fraction of sp³-hybridized carbons (Fsp3) is 0.600. The molecule has 0 saturated heterocycles. The maximum absolute atomic E-state index is 10.4. The number of carbonyl (C=O) groups excluding carboxylic acids is 2. The van der Waals surface area contributed by atoms with Crippen LogP contribution in [0.4, 0.5) is 0 Å². The van der Waals surface area contributed by atoms with E-state index in [4.69, 9.17) is 0 Å². The van der Waals surface area contributed by atoms with E-state index >= 15 is 0 Å². The molecular formula is C5H6Br2O4. The summed E-state index contributed by atoms with van der Waals surface area (Å²) in [6.07, 6.45) is 0. The first kappa shape index (κ1) is 10.9. The molecule has 0 bridgehead atoms. The van der Waals surface area contributed by atoms with Crippen LogP contribution in [0.5, 0.6) is 0 Å². The van der Waals surface area contributed by atoms with Gasteiger partial charge in [0.2, 0.25) is 6.79 Å². The molecule has 0 aliphatic carbocycles. The highest BCUT2D eigenvalue weighted by atomic mass is 79.9. The lowest BCUT2D eigenvalue weighted by Gasteiger charge is -2.01. The van der Waals surface area contributed by atoms with Gasteiger partial charge in [-0.1, -0.05) is 31.9 Å². The largest absolute Gasteiger partial charge is 0.427 e. The number of halogens is 2. The third-order valence-electron chi connectivity index (χ3n) is 0.658. The van der Waals surface area contributed by atoms with Gasteiger partial charge >= 0.3 is 11.9 Å². The highest BCUT2D eigenvalue weighted by molar-refractivity contribution is 9.09. The molecule has 0 atom stereocenters. The molecule has 0 aromatic rings. The summed E-state index contributed by atoms with van der Waals surface area (Å²) < 4.78 is 8.83. The lowest BCUT2D eigenvalue weighted by atomic mass is 10.8. The van der Waals surface area contributed by atoms with E-state index in [9.17, 15) is 9.59 Å². The van der Waals surface area contributed by atoms with Gasteiger partial charge in [-0.05, 0) is 0 Å². The second-order valence-corrected chi connectivity index (χ2v) is 2.54. The third-order valence-corrected chi connectivity index (χ3v) is 1.57. The first-order valence-electron chi connectivity index (χ1n) is 2.64. The maximum atomic E-state index is 10.4. The predicted octanol–water partition coefficient (Wildman–Crippen LogP) is 0.820. The summed E-state index contributed by atoms with van der Waals surface area (Å²) in [5, 5.41) is 0.192. The zero-order valence-electron chi connectivity index (χ0n) is 5.51. The molecule has 0 heterocycles. The van der Waals surface area contributed by atoms with Crippen molar-refractivity contribution in [3.05, 3.63) is 0 Å². The molecule has 0 amide bonds. The molecule has 64 valence electrons. The minimum absolute atomic E-state index is 0.0961. The molecule has 0 aliphatic heterocycles. The smallest absolute Gasteiger partial charge is 0.319 e. The van der Waals surface area contributed by atoms with Crippen molar-refractivity contribution in [2.45, 2.75) is 0 Å². The standard InChI is InChI=1S/C5H6Br2O4/c6-1-4(8)10-3-11-5(9)2-7/h1-3H2. The number of rotatable bonds is 4. The number of esters is 2. The number of alkyl halides is 2. The van der Waals surface area contributed by atoms with E-state index < -0.39 is 11.9 Å². The van der Waals surface area contributed by atoms with Crippen LogP contribution in [0.15, 0.2) is 0 Å². The Labute approximate surface area is 80.5 Å². The topological polar surface area (TPSA) is 52.6 Å². The molecule has 0 N–H and O–H groups in total. The Morgan fingerprint density at radius 3 is 1.64 bits per heavy atom. The Balaban J connectivity index is 3.27. The monoisotopic (exact) mass is 288 g/mol. The van der Waals surface area contributed by atoms with Crippen LogP contribution in [0.25, 0.3) is 0 Å². The van der Waals surface area contributed by atoms with Crippen molar-refractivity contribution in [1.29, 1.82) is 0 Å². The van der Waals surface area contributed by atoms with Crippen LogP contribution in [0, 0.1) is 0 Å². The molecule has 0 radical (unpaired) electrons. The molecule has 6 heteroatoms. The van der Waals surface area contributed by atoms with Crippen molar-refractivity contribution in [3.8, 4) is 0 Å². The quantitative estimate of drug-likeness (QED) is 0.437. The van der Waals surface area contributed by atoms with E-state index in [0.717, 1.165) is 0 Å². The molecule has 0 aromatic heterocycles. The lowest BCUT2D eigenvalue weighted by molar-refractivity contribution is -0.163. The summed E-state index contributed by atoms with van der Waals surface area (Å²) in [5.41, 5.74) is 0. The van der Waals surface area contributed by atoms with E-state index in [1.807, 2.05) is 0 Å². The number of hydrogen-bond acceptors (Lipinski definition) is 4. The SMILES string of the molecule is O=C(CBr)OCOC(=O)CBr. The Kier molecular flexibility index (Phi) is 6.54. The second kappa shape index (κ2) is 6.60. The van der Waals surface area contributed by atoms with Gasteiger partial charge in [-0.3, -0.25) is 9.59 Å². The van der Waals surface area contributed by atoms with Gasteiger partial charge in [-0.2, -0.15) is 0 Å². The van der Waals surface area contributed by atoms with E-state index in [-0.39, 0.29) is 17.5 Å². The van der Waals surface area contributed by atoms with Gasteiger partial charge in [0.1, 0.15) is 10.7 Å². The minimum atomic E-state index is -0.465. The average molecular weight is 290 g/mol. The van der Waals surface area contributed by atoms with Crippen molar-refractivity contribution in [2.75, 3.05) is 17.5 Å². The van der Waals surface area contributed by atoms with Crippen LogP contribution in [-0.4, -0.2) is 29.4 Å². The van der Waals surface area contributed by atoms with Crippen molar-refractivity contribution >= 4 is 43.8 Å². The van der Waals surface area contributed by atoms with Crippen LogP contribution in [0.1, 0.15) is 0 Å². The number of ether oxygens (including phenoxy) is 2. The lowest BCUT2D eigenvalue weighted by Crippen LogP contribution is -2.13. The van der Waals surface area contributed by atoms with Gasteiger partial charge in [0, 0.05) is 0 Å². The van der Waals surface area contributed by atoms with Crippen LogP contribution in [-0.2, 0) is 19.1 Å². The fourth-order valence-corrected chi connectivity index (χ4v) is 0.562. The second-order valence-electron chi connectivity index (χ2n) is 1.42. The Bertz CT molecular complexity index is 131. The molecule has 0 aliphatic rings. The van der Waals surface area contributed by atoms with Gasteiger partial charge in [0.25, 0.3) is 0 Å². The Morgan fingerprint density at radius 2 is 1.36 bits per heavy atom. The summed E-state index contributed by atoms with van der Waals surface area (Å²) in [5.74, 6) is -0.931. The van der Waals surface area contributed by atoms with E-state index in [0.29, 0.717) is 0 Å². The van der Waals surface area contributed by atoms with Crippen molar-refractivity contribution in [2.24, 2.45) is 0 Å². The van der Waals surface area contributed by atoms with E-state index in [1.165, 1.54) is 0 Å². The summed E-state index contributed by atoms with van der Waals surface area (Å²) in [7, 11) is 0. The fourth-order valence-electron chi connectivity index (χ4n) is 0.238. The highest BCUT2D eigenvalue weighted by Crippen LogP contribution is 1.89. The maximum Gasteiger partial charge on any atom is 0.319 e. The molecule has 0 spiro atoms. The molecule has 0 fully saturated rings. The van der Waals surface area contributed by atoms with Gasteiger partial charge < -0.3 is 9.47 Å². The zero-order valence-corrected chi connectivity index (χ0v) is 8.68. The molecule has 0 saturated carbocycles. The van der Waals surface area contributed by atoms with Gasteiger partial charge in [-0.25, -0.2) is 0 Å². The summed E-state index contributed by atoms with van der Waals surface area (Å²) >= 11 is 5.75. The predicted molar refractivity (Wildman–Crippen MR) is 44.6 cm³/mol. The van der Waals surface area contributed by atoms with Crippen molar-refractivity contribution in [1.82, 2.24) is 0 Å². The van der Waals surface area contributed by atoms with Crippen molar-refractivity contribution in [3.63, 3.8) is 0 Å². The van der Waals surface area contributed by atoms with Crippen LogP contribution in [0.2, 0.25) is 0 Å². The van der Waals surface area contributed by atoms with Crippen LogP contribution >= 0.6 is 31.9 Å². The Hall–Kier alpha value is -0.100. The summed E-state index contributed by atoms with van der Waals surface area (Å²) in [4.78, 5) is 20.8. The third kappa shape index (κ3) is 6.30. The van der Waals surface area contributed by atoms with E-state index in [2.05, 4.69) is 41.3 Å². The Morgan fingerprint density at radius 1 is 1.00 bits per heavy atom. The minimum Gasteiger partial charge on any atom is -0.427 e. The number of hydrogen-bond donors (Lipinski definition) is 0. The average Bonchev–Trinajstić information content (AvgIpc) is 2.04.